The molecule has 5 heteroatoms. The first kappa shape index (κ1) is 15.1. The highest BCUT2D eigenvalue weighted by Gasteiger charge is 2.13. The minimum atomic E-state index is -0.226. The van der Waals surface area contributed by atoms with E-state index in [1.165, 1.54) is 10.1 Å². The molecule has 3 rings (SSSR count). The molecule has 0 aliphatic heterocycles. The maximum atomic E-state index is 12.3. The zero-order chi connectivity index (χ0) is 16.4. The van der Waals surface area contributed by atoms with Gasteiger partial charge in [-0.05, 0) is 24.5 Å². The van der Waals surface area contributed by atoms with Crippen LogP contribution >= 0.6 is 0 Å². The van der Waals surface area contributed by atoms with Crippen LogP contribution in [-0.2, 0) is 13.5 Å². The van der Waals surface area contributed by atoms with Crippen molar-refractivity contribution >= 4 is 16.8 Å². The number of aryl methyl sites for hydroxylation is 1. The summed E-state index contributed by atoms with van der Waals surface area (Å²) in [6.07, 6.45) is 5.90. The maximum Gasteiger partial charge on any atom is 0.325 e. The molecule has 1 N–H and O–H groups in total. The summed E-state index contributed by atoms with van der Waals surface area (Å²) in [6, 6.07) is 9.85. The molecule has 0 unspecified atom stereocenters. The average Bonchev–Trinajstić information content (AvgIpc) is 2.99. The van der Waals surface area contributed by atoms with Crippen molar-refractivity contribution in [3.8, 4) is 0 Å². The number of pyridine rings is 1. The van der Waals surface area contributed by atoms with E-state index in [0.717, 1.165) is 10.9 Å². The molecule has 0 aliphatic carbocycles. The molecule has 0 spiro atoms. The Morgan fingerprint density at radius 2 is 1.78 bits per heavy atom. The smallest absolute Gasteiger partial charge is 0.325 e. The van der Waals surface area contributed by atoms with Crippen molar-refractivity contribution < 1.29 is 4.79 Å². The summed E-state index contributed by atoms with van der Waals surface area (Å²) in [5.74, 6) is 0. The Morgan fingerprint density at radius 3 is 2.48 bits per heavy atom. The second-order valence-electron chi connectivity index (χ2n) is 5.56. The van der Waals surface area contributed by atoms with E-state index in [1.807, 2.05) is 31.3 Å². The number of carbonyl (C=O) groups is 1. The van der Waals surface area contributed by atoms with Crippen LogP contribution in [0, 0.1) is 0 Å². The lowest BCUT2D eigenvalue weighted by Gasteiger charge is -2.06. The number of amides is 1. The van der Waals surface area contributed by atoms with Gasteiger partial charge in [0.15, 0.2) is 0 Å². The quantitative estimate of drug-likeness (QED) is 0.808. The zero-order valence-corrected chi connectivity index (χ0v) is 13.2. The van der Waals surface area contributed by atoms with E-state index < -0.39 is 0 Å². The van der Waals surface area contributed by atoms with Crippen LogP contribution in [0.1, 0.15) is 18.1 Å². The summed E-state index contributed by atoms with van der Waals surface area (Å²) in [6.45, 7) is 2.41. The van der Waals surface area contributed by atoms with Crippen molar-refractivity contribution in [3.63, 3.8) is 0 Å². The number of carbonyl (C=O) groups excluding carboxylic acids is 1. The third-order valence-corrected chi connectivity index (χ3v) is 3.87. The predicted octanol–water partition coefficient (Wildman–Crippen LogP) is 2.51. The van der Waals surface area contributed by atoms with Gasteiger partial charge in [0, 0.05) is 37.6 Å². The molecule has 0 radical (unpaired) electrons. The highest BCUT2D eigenvalue weighted by atomic mass is 16.2. The zero-order valence-electron chi connectivity index (χ0n) is 13.2. The predicted molar refractivity (Wildman–Crippen MR) is 90.9 cm³/mol. The van der Waals surface area contributed by atoms with Gasteiger partial charge in [0.05, 0.1) is 5.39 Å². The molecule has 0 bridgehead atoms. The molecule has 3 aromatic rings. The molecule has 0 saturated heterocycles. The highest BCUT2D eigenvalue weighted by Crippen LogP contribution is 2.20. The Bertz CT molecular complexity index is 907. The standard InChI is InChI=1S/C18H19N3O2/c1-3-19-18(23)21-11-15-14(9-13-7-5-4-6-8-13)10-20(2)17(22)16(15)12-21/h4-8,10-12H,3,9H2,1-2H3,(H,19,23). The van der Waals surface area contributed by atoms with Crippen LogP contribution in [0.2, 0.25) is 0 Å². The maximum absolute atomic E-state index is 12.3. The fourth-order valence-corrected chi connectivity index (χ4v) is 2.75. The van der Waals surface area contributed by atoms with Gasteiger partial charge >= 0.3 is 6.03 Å². The molecular formula is C18H19N3O2. The molecule has 118 valence electrons. The van der Waals surface area contributed by atoms with E-state index in [4.69, 9.17) is 0 Å². The van der Waals surface area contributed by atoms with E-state index in [-0.39, 0.29) is 11.6 Å². The lowest BCUT2D eigenvalue weighted by atomic mass is 10.0. The van der Waals surface area contributed by atoms with Crippen LogP contribution in [0.4, 0.5) is 4.79 Å². The molecule has 23 heavy (non-hydrogen) atoms. The first-order valence-corrected chi connectivity index (χ1v) is 7.62. The second-order valence-corrected chi connectivity index (χ2v) is 5.56. The molecule has 0 fully saturated rings. The normalized spacial score (nSPS) is 10.9. The first-order chi connectivity index (χ1) is 11.1. The third kappa shape index (κ3) is 2.90. The van der Waals surface area contributed by atoms with Gasteiger partial charge in [-0.15, -0.1) is 0 Å². The van der Waals surface area contributed by atoms with E-state index >= 15 is 0 Å². The van der Waals surface area contributed by atoms with Gasteiger partial charge in [-0.1, -0.05) is 30.3 Å². The van der Waals surface area contributed by atoms with Gasteiger partial charge in [0.1, 0.15) is 0 Å². The van der Waals surface area contributed by atoms with E-state index in [0.29, 0.717) is 18.4 Å². The number of nitrogens with zero attached hydrogens (tertiary/aromatic N) is 2. The summed E-state index contributed by atoms with van der Waals surface area (Å²) >= 11 is 0. The van der Waals surface area contributed by atoms with Gasteiger partial charge < -0.3 is 9.88 Å². The Labute approximate surface area is 134 Å². The molecular weight excluding hydrogens is 290 g/mol. The fourth-order valence-electron chi connectivity index (χ4n) is 2.75. The topological polar surface area (TPSA) is 56.0 Å². The number of hydrogen-bond donors (Lipinski definition) is 1. The fraction of sp³-hybridized carbons (Fsp3) is 0.222. The molecule has 1 aromatic carbocycles. The van der Waals surface area contributed by atoms with E-state index in [2.05, 4.69) is 17.4 Å². The Balaban J connectivity index is 2.12. The second kappa shape index (κ2) is 6.12. The van der Waals surface area contributed by atoms with Crippen LogP contribution in [0.5, 0.6) is 0 Å². The average molecular weight is 309 g/mol. The van der Waals surface area contributed by atoms with E-state index in [1.54, 1.807) is 24.0 Å². The van der Waals surface area contributed by atoms with Crippen LogP contribution < -0.4 is 10.9 Å². The lowest BCUT2D eigenvalue weighted by Crippen LogP contribution is -2.27. The number of aromatic nitrogens is 2. The summed E-state index contributed by atoms with van der Waals surface area (Å²) in [7, 11) is 1.74. The Kier molecular flexibility index (Phi) is 4.02. The van der Waals surface area contributed by atoms with Gasteiger partial charge in [0.2, 0.25) is 0 Å². The first-order valence-electron chi connectivity index (χ1n) is 7.62. The van der Waals surface area contributed by atoms with Crippen molar-refractivity contribution in [3.05, 3.63) is 70.4 Å². The Morgan fingerprint density at radius 1 is 1.09 bits per heavy atom. The largest absolute Gasteiger partial charge is 0.338 e. The number of nitrogens with one attached hydrogen (secondary N) is 1. The van der Waals surface area contributed by atoms with Crippen LogP contribution in [0.15, 0.2) is 53.7 Å². The molecule has 2 aromatic heterocycles. The Hall–Kier alpha value is -2.82. The van der Waals surface area contributed by atoms with Crippen LogP contribution in [0.3, 0.4) is 0 Å². The molecule has 5 nitrogen and oxygen atoms in total. The van der Waals surface area contributed by atoms with E-state index in [9.17, 15) is 9.59 Å². The highest BCUT2D eigenvalue weighted by molar-refractivity contribution is 5.90. The van der Waals surface area contributed by atoms with Crippen molar-refractivity contribution in [1.29, 1.82) is 0 Å². The van der Waals surface area contributed by atoms with Crippen molar-refractivity contribution in [2.24, 2.45) is 7.05 Å². The van der Waals surface area contributed by atoms with Gasteiger partial charge in [-0.3, -0.25) is 9.36 Å². The molecule has 0 atom stereocenters. The van der Waals surface area contributed by atoms with Crippen LogP contribution in [0.25, 0.3) is 10.8 Å². The summed E-state index contributed by atoms with van der Waals surface area (Å²) in [5.41, 5.74) is 2.09. The molecule has 0 saturated carbocycles. The number of fused-ring (bicyclic) bond motifs is 1. The number of rotatable bonds is 3. The summed E-state index contributed by atoms with van der Waals surface area (Å²) in [4.78, 5) is 24.4. The van der Waals surface area contributed by atoms with Gasteiger partial charge in [0.25, 0.3) is 5.56 Å². The SMILES string of the molecule is CCNC(=O)n1cc2c(Cc3ccccc3)cn(C)c(=O)c2c1. The minimum absolute atomic E-state index is 0.0974. The molecule has 1 amide bonds. The number of hydrogen-bond acceptors (Lipinski definition) is 2. The monoisotopic (exact) mass is 309 g/mol. The lowest BCUT2D eigenvalue weighted by molar-refractivity contribution is 0.243. The minimum Gasteiger partial charge on any atom is -0.338 e. The van der Waals surface area contributed by atoms with Crippen molar-refractivity contribution in [2.45, 2.75) is 13.3 Å². The molecule has 2 heterocycles. The van der Waals surface area contributed by atoms with Gasteiger partial charge in [-0.2, -0.15) is 0 Å². The van der Waals surface area contributed by atoms with Gasteiger partial charge in [-0.25, -0.2) is 4.79 Å². The summed E-state index contributed by atoms with van der Waals surface area (Å²) < 4.78 is 3.02. The van der Waals surface area contributed by atoms with Crippen molar-refractivity contribution in [1.82, 2.24) is 14.5 Å². The third-order valence-electron chi connectivity index (χ3n) is 3.87. The van der Waals surface area contributed by atoms with Crippen molar-refractivity contribution in [2.75, 3.05) is 6.54 Å². The number of benzene rings is 1. The molecule has 0 aliphatic rings. The summed E-state index contributed by atoms with van der Waals surface area (Å²) in [5, 5.41) is 4.13. The van der Waals surface area contributed by atoms with Crippen LogP contribution in [-0.4, -0.2) is 21.7 Å².